The number of H-pyrrole nitrogens is 1. The predicted octanol–water partition coefficient (Wildman–Crippen LogP) is 3.57. The van der Waals surface area contributed by atoms with Crippen LogP contribution in [0.5, 0.6) is 5.75 Å². The van der Waals surface area contributed by atoms with Crippen molar-refractivity contribution in [3.63, 3.8) is 0 Å². The van der Waals surface area contributed by atoms with Gasteiger partial charge in [-0.3, -0.25) is 4.79 Å². The molecule has 0 aliphatic carbocycles. The lowest BCUT2D eigenvalue weighted by Gasteiger charge is -2.07. The molecule has 5 nitrogen and oxygen atoms in total. The minimum atomic E-state index is -0.0617. The van der Waals surface area contributed by atoms with E-state index in [-0.39, 0.29) is 5.91 Å². The lowest BCUT2D eigenvalue weighted by atomic mass is 10.1. The van der Waals surface area contributed by atoms with Gasteiger partial charge in [0.1, 0.15) is 11.6 Å². The summed E-state index contributed by atoms with van der Waals surface area (Å²) in [5.41, 5.74) is 3.67. The molecule has 1 aromatic heterocycles. The Morgan fingerprint density at radius 2 is 2.00 bits per heavy atom. The zero-order chi connectivity index (χ0) is 16.9. The van der Waals surface area contributed by atoms with Crippen molar-refractivity contribution in [3.8, 4) is 17.0 Å². The van der Waals surface area contributed by atoms with E-state index in [9.17, 15) is 4.79 Å². The lowest BCUT2D eigenvalue weighted by molar-refractivity contribution is -0.115. The largest absolute Gasteiger partial charge is 0.497 e. The Labute approximate surface area is 140 Å². The Morgan fingerprint density at radius 3 is 2.67 bits per heavy atom. The molecule has 0 aliphatic rings. The van der Waals surface area contributed by atoms with Gasteiger partial charge in [-0.1, -0.05) is 24.3 Å². The average Bonchev–Trinajstić information content (AvgIpc) is 3.02. The van der Waals surface area contributed by atoms with Crippen molar-refractivity contribution >= 4 is 11.6 Å². The molecule has 2 N–H and O–H groups in total. The Bertz CT molecular complexity index is 838. The molecule has 3 rings (SSSR count). The van der Waals surface area contributed by atoms with Crippen molar-refractivity contribution in [3.05, 3.63) is 66.1 Å². The summed E-state index contributed by atoms with van der Waals surface area (Å²) in [7, 11) is 1.61. The molecule has 24 heavy (non-hydrogen) atoms. The second-order valence-electron chi connectivity index (χ2n) is 5.54. The van der Waals surface area contributed by atoms with Crippen LogP contribution >= 0.6 is 0 Å². The second kappa shape index (κ2) is 7.00. The van der Waals surface area contributed by atoms with Gasteiger partial charge in [0.25, 0.3) is 0 Å². The van der Waals surface area contributed by atoms with Gasteiger partial charge in [-0.25, -0.2) is 4.98 Å². The van der Waals surface area contributed by atoms with Crippen LogP contribution in [-0.2, 0) is 11.2 Å². The summed E-state index contributed by atoms with van der Waals surface area (Å²) >= 11 is 0. The van der Waals surface area contributed by atoms with Crippen molar-refractivity contribution in [2.75, 3.05) is 12.4 Å². The maximum Gasteiger partial charge on any atom is 0.228 e. The number of nitrogens with zero attached hydrogens (tertiary/aromatic N) is 1. The van der Waals surface area contributed by atoms with Crippen LogP contribution in [0.1, 0.15) is 11.4 Å². The summed E-state index contributed by atoms with van der Waals surface area (Å²) in [5, 5.41) is 2.91. The van der Waals surface area contributed by atoms with Crippen LogP contribution in [0, 0.1) is 6.92 Å². The Kier molecular flexibility index (Phi) is 4.61. The number of methoxy groups -OCH3 is 1. The zero-order valence-electron chi connectivity index (χ0n) is 13.7. The van der Waals surface area contributed by atoms with E-state index in [1.807, 2.05) is 55.5 Å². The number of anilines is 1. The highest BCUT2D eigenvalue weighted by atomic mass is 16.5. The predicted molar refractivity (Wildman–Crippen MR) is 94.1 cm³/mol. The first-order valence-corrected chi connectivity index (χ1v) is 7.69. The molecule has 122 valence electrons. The fourth-order valence-electron chi connectivity index (χ4n) is 2.47. The van der Waals surface area contributed by atoms with E-state index >= 15 is 0 Å². The minimum Gasteiger partial charge on any atom is -0.497 e. The molecule has 0 saturated heterocycles. The Hall–Kier alpha value is -3.08. The average molecular weight is 321 g/mol. The fraction of sp³-hybridized carbons (Fsp3) is 0.158. The second-order valence-corrected chi connectivity index (χ2v) is 5.54. The van der Waals surface area contributed by atoms with Gasteiger partial charge in [-0.2, -0.15) is 0 Å². The monoisotopic (exact) mass is 321 g/mol. The third-order valence-corrected chi connectivity index (χ3v) is 3.68. The van der Waals surface area contributed by atoms with E-state index in [1.54, 1.807) is 13.3 Å². The van der Waals surface area contributed by atoms with Gasteiger partial charge in [0, 0.05) is 5.69 Å². The number of aromatic nitrogens is 2. The summed E-state index contributed by atoms with van der Waals surface area (Å²) < 4.78 is 5.17. The minimum absolute atomic E-state index is 0.0617. The number of amides is 1. The van der Waals surface area contributed by atoms with Gasteiger partial charge in [0.2, 0.25) is 5.91 Å². The maximum atomic E-state index is 12.2. The molecule has 2 aromatic carbocycles. The quantitative estimate of drug-likeness (QED) is 0.755. The van der Waals surface area contributed by atoms with Crippen LogP contribution in [0.25, 0.3) is 11.3 Å². The van der Waals surface area contributed by atoms with Crippen LogP contribution in [0.4, 0.5) is 5.69 Å². The van der Waals surface area contributed by atoms with Crippen molar-refractivity contribution in [1.29, 1.82) is 0 Å². The SMILES string of the molecule is COc1cccc(CC(=O)Nc2ccc(-c3cnc(C)[nH]3)cc2)c1. The molecule has 0 radical (unpaired) electrons. The smallest absolute Gasteiger partial charge is 0.228 e. The van der Waals surface area contributed by atoms with Gasteiger partial charge in [0.15, 0.2) is 0 Å². The van der Waals surface area contributed by atoms with E-state index < -0.39 is 0 Å². The number of nitrogens with one attached hydrogen (secondary N) is 2. The molecule has 3 aromatic rings. The number of rotatable bonds is 5. The molecule has 0 spiro atoms. The number of imidazole rings is 1. The number of hydrogen-bond donors (Lipinski definition) is 2. The highest BCUT2D eigenvalue weighted by molar-refractivity contribution is 5.92. The number of carbonyl (C=O) groups excluding carboxylic acids is 1. The van der Waals surface area contributed by atoms with Crippen molar-refractivity contribution in [2.24, 2.45) is 0 Å². The Balaban J connectivity index is 1.64. The van der Waals surface area contributed by atoms with Gasteiger partial charge >= 0.3 is 0 Å². The molecule has 0 bridgehead atoms. The summed E-state index contributed by atoms with van der Waals surface area (Å²) in [6.07, 6.45) is 2.10. The number of carbonyl (C=O) groups is 1. The van der Waals surface area contributed by atoms with E-state index in [2.05, 4.69) is 15.3 Å². The van der Waals surface area contributed by atoms with E-state index in [0.29, 0.717) is 6.42 Å². The van der Waals surface area contributed by atoms with Crippen LogP contribution in [0.3, 0.4) is 0 Å². The molecule has 0 aliphatic heterocycles. The highest BCUT2D eigenvalue weighted by Crippen LogP contribution is 2.20. The fourth-order valence-corrected chi connectivity index (χ4v) is 2.47. The number of hydrogen-bond acceptors (Lipinski definition) is 3. The van der Waals surface area contributed by atoms with Gasteiger partial charge in [0.05, 0.1) is 25.4 Å². The van der Waals surface area contributed by atoms with Crippen LogP contribution in [-0.4, -0.2) is 23.0 Å². The number of aromatic amines is 1. The molecule has 0 saturated carbocycles. The van der Waals surface area contributed by atoms with Gasteiger partial charge in [-0.05, 0) is 42.3 Å². The number of ether oxygens (including phenoxy) is 1. The lowest BCUT2D eigenvalue weighted by Crippen LogP contribution is -2.14. The third-order valence-electron chi connectivity index (χ3n) is 3.68. The van der Waals surface area contributed by atoms with E-state index in [1.165, 1.54) is 0 Å². The molecule has 5 heteroatoms. The van der Waals surface area contributed by atoms with Crippen LogP contribution < -0.4 is 10.1 Å². The maximum absolute atomic E-state index is 12.2. The van der Waals surface area contributed by atoms with E-state index in [4.69, 9.17) is 4.74 Å². The number of benzene rings is 2. The molecular formula is C19H19N3O2. The summed E-state index contributed by atoms with van der Waals surface area (Å²) in [4.78, 5) is 19.5. The van der Waals surface area contributed by atoms with Gasteiger partial charge in [-0.15, -0.1) is 0 Å². The Morgan fingerprint density at radius 1 is 1.21 bits per heavy atom. The molecule has 0 unspecified atom stereocenters. The first-order valence-electron chi connectivity index (χ1n) is 7.69. The highest BCUT2D eigenvalue weighted by Gasteiger charge is 2.06. The first kappa shape index (κ1) is 15.8. The molecule has 0 atom stereocenters. The summed E-state index contributed by atoms with van der Waals surface area (Å²) in [6.45, 7) is 1.91. The zero-order valence-corrected chi connectivity index (χ0v) is 13.7. The standard InChI is InChI=1S/C19H19N3O2/c1-13-20-12-18(21-13)15-6-8-16(9-7-15)22-19(23)11-14-4-3-5-17(10-14)24-2/h3-10,12H,11H2,1-2H3,(H,20,21)(H,22,23). The molecule has 0 fully saturated rings. The van der Waals surface area contributed by atoms with Crippen molar-refractivity contribution < 1.29 is 9.53 Å². The molecule has 1 heterocycles. The van der Waals surface area contributed by atoms with Crippen LogP contribution in [0.15, 0.2) is 54.7 Å². The normalized spacial score (nSPS) is 10.4. The van der Waals surface area contributed by atoms with E-state index in [0.717, 1.165) is 34.1 Å². The molecule has 1 amide bonds. The molecular weight excluding hydrogens is 302 g/mol. The van der Waals surface area contributed by atoms with Crippen molar-refractivity contribution in [2.45, 2.75) is 13.3 Å². The number of aryl methyl sites for hydroxylation is 1. The van der Waals surface area contributed by atoms with Crippen molar-refractivity contribution in [1.82, 2.24) is 9.97 Å². The topological polar surface area (TPSA) is 67.0 Å². The summed E-state index contributed by atoms with van der Waals surface area (Å²) in [6, 6.07) is 15.2. The third kappa shape index (κ3) is 3.81. The van der Waals surface area contributed by atoms with Crippen LogP contribution in [0.2, 0.25) is 0 Å². The van der Waals surface area contributed by atoms with Gasteiger partial charge < -0.3 is 15.0 Å². The first-order chi connectivity index (χ1) is 11.6. The summed E-state index contributed by atoms with van der Waals surface area (Å²) in [5.74, 6) is 1.56.